The summed E-state index contributed by atoms with van der Waals surface area (Å²) in [5.41, 5.74) is 2.05. The van der Waals surface area contributed by atoms with Crippen LogP contribution in [0.25, 0.3) is 0 Å². The molecule has 1 aromatic carbocycles. The molecule has 0 aliphatic carbocycles. The summed E-state index contributed by atoms with van der Waals surface area (Å²) < 4.78 is 14.5. The smallest absolute Gasteiger partial charge is 0.123 e. The molecule has 0 N–H and O–H groups in total. The van der Waals surface area contributed by atoms with Crippen LogP contribution in [0.1, 0.15) is 17.2 Å². The fourth-order valence-electron chi connectivity index (χ4n) is 1.74. The molecular formula is C12H13BrFN3. The van der Waals surface area contributed by atoms with E-state index in [0.717, 1.165) is 23.0 Å². The molecular weight excluding hydrogens is 285 g/mol. The van der Waals surface area contributed by atoms with Gasteiger partial charge in [-0.2, -0.15) is 0 Å². The third-order valence-electron chi connectivity index (χ3n) is 2.63. The van der Waals surface area contributed by atoms with Crippen molar-refractivity contribution in [3.63, 3.8) is 0 Å². The highest BCUT2D eigenvalue weighted by Gasteiger charge is 2.13. The van der Waals surface area contributed by atoms with Gasteiger partial charge in [-0.3, -0.25) is 4.68 Å². The van der Waals surface area contributed by atoms with E-state index < -0.39 is 0 Å². The number of hydrogen-bond donors (Lipinski definition) is 0. The van der Waals surface area contributed by atoms with E-state index in [1.807, 2.05) is 25.4 Å². The van der Waals surface area contributed by atoms with E-state index in [0.29, 0.717) is 0 Å². The molecule has 0 radical (unpaired) electrons. The Balaban J connectivity index is 2.13. The van der Waals surface area contributed by atoms with E-state index in [1.54, 1.807) is 4.68 Å². The first kappa shape index (κ1) is 12.2. The molecule has 17 heavy (non-hydrogen) atoms. The topological polar surface area (TPSA) is 30.7 Å². The lowest BCUT2D eigenvalue weighted by atomic mass is 9.96. The SMILES string of the molecule is Cn1cc(CC(CBr)c2ccc(F)cc2)nn1. The van der Waals surface area contributed by atoms with Gasteiger partial charge in [-0.1, -0.05) is 33.3 Å². The molecule has 0 aliphatic heterocycles. The zero-order valence-corrected chi connectivity index (χ0v) is 11.1. The van der Waals surface area contributed by atoms with Crippen LogP contribution in [0.15, 0.2) is 30.5 Å². The first-order valence-corrected chi connectivity index (χ1v) is 6.48. The highest BCUT2D eigenvalue weighted by atomic mass is 79.9. The predicted octanol–water partition coefficient (Wildman–Crippen LogP) is 2.68. The highest BCUT2D eigenvalue weighted by molar-refractivity contribution is 9.09. The molecule has 0 fully saturated rings. The second kappa shape index (κ2) is 5.40. The van der Waals surface area contributed by atoms with E-state index in [4.69, 9.17) is 0 Å². The minimum absolute atomic E-state index is 0.207. The Hall–Kier alpha value is -1.23. The first-order valence-electron chi connectivity index (χ1n) is 5.35. The standard InChI is InChI=1S/C12H13BrFN3/c1-17-8-12(15-16-17)6-10(7-13)9-2-4-11(14)5-3-9/h2-5,8,10H,6-7H2,1H3. The van der Waals surface area contributed by atoms with Gasteiger partial charge in [-0.05, 0) is 23.6 Å². The van der Waals surface area contributed by atoms with Gasteiger partial charge in [-0.15, -0.1) is 5.10 Å². The number of rotatable bonds is 4. The Morgan fingerprint density at radius 3 is 2.59 bits per heavy atom. The van der Waals surface area contributed by atoms with Crippen molar-refractivity contribution in [2.45, 2.75) is 12.3 Å². The van der Waals surface area contributed by atoms with Crippen molar-refractivity contribution in [1.29, 1.82) is 0 Å². The Morgan fingerprint density at radius 1 is 1.35 bits per heavy atom. The van der Waals surface area contributed by atoms with Gasteiger partial charge in [-0.25, -0.2) is 4.39 Å². The highest BCUT2D eigenvalue weighted by Crippen LogP contribution is 2.22. The molecule has 2 aromatic rings. The average molecular weight is 298 g/mol. The molecule has 0 bridgehead atoms. The Kier molecular flexibility index (Phi) is 3.89. The van der Waals surface area contributed by atoms with Crippen LogP contribution in [0.4, 0.5) is 4.39 Å². The quantitative estimate of drug-likeness (QED) is 0.813. The summed E-state index contributed by atoms with van der Waals surface area (Å²) >= 11 is 3.49. The number of nitrogens with zero attached hydrogens (tertiary/aromatic N) is 3. The lowest BCUT2D eigenvalue weighted by molar-refractivity contribution is 0.625. The number of alkyl halides is 1. The lowest BCUT2D eigenvalue weighted by Crippen LogP contribution is -2.05. The predicted molar refractivity (Wildman–Crippen MR) is 67.6 cm³/mol. The maximum Gasteiger partial charge on any atom is 0.123 e. The van der Waals surface area contributed by atoms with Gasteiger partial charge in [0.15, 0.2) is 0 Å². The van der Waals surface area contributed by atoms with E-state index >= 15 is 0 Å². The van der Waals surface area contributed by atoms with Gasteiger partial charge in [0.05, 0.1) is 5.69 Å². The Bertz CT molecular complexity index is 481. The summed E-state index contributed by atoms with van der Waals surface area (Å²) in [4.78, 5) is 0. The molecule has 1 atom stereocenters. The molecule has 1 aromatic heterocycles. The maximum atomic E-state index is 12.8. The Labute approximate surface area is 108 Å². The zero-order valence-electron chi connectivity index (χ0n) is 9.48. The van der Waals surface area contributed by atoms with Gasteiger partial charge < -0.3 is 0 Å². The molecule has 1 heterocycles. The summed E-state index contributed by atoms with van der Waals surface area (Å²) in [5, 5.41) is 8.78. The third kappa shape index (κ3) is 3.12. The summed E-state index contributed by atoms with van der Waals surface area (Å²) in [6.07, 6.45) is 2.70. The van der Waals surface area contributed by atoms with Crippen molar-refractivity contribution in [1.82, 2.24) is 15.0 Å². The van der Waals surface area contributed by atoms with Crippen LogP contribution in [-0.4, -0.2) is 20.3 Å². The number of hydrogen-bond acceptors (Lipinski definition) is 2. The fourth-order valence-corrected chi connectivity index (χ4v) is 2.34. The van der Waals surface area contributed by atoms with Gasteiger partial charge in [0, 0.05) is 25.0 Å². The number of aryl methyl sites for hydroxylation is 1. The minimum atomic E-state index is -0.207. The van der Waals surface area contributed by atoms with Crippen LogP contribution in [0.2, 0.25) is 0 Å². The number of halogens is 2. The molecule has 0 aliphatic rings. The van der Waals surface area contributed by atoms with Crippen LogP contribution < -0.4 is 0 Å². The van der Waals surface area contributed by atoms with Gasteiger partial charge in [0.2, 0.25) is 0 Å². The van der Waals surface area contributed by atoms with Crippen LogP contribution >= 0.6 is 15.9 Å². The van der Waals surface area contributed by atoms with Crippen LogP contribution in [0.5, 0.6) is 0 Å². The number of aromatic nitrogens is 3. The molecule has 0 amide bonds. The van der Waals surface area contributed by atoms with Crippen molar-refractivity contribution < 1.29 is 4.39 Å². The second-order valence-electron chi connectivity index (χ2n) is 3.99. The van der Waals surface area contributed by atoms with Crippen molar-refractivity contribution in [2.75, 3.05) is 5.33 Å². The number of benzene rings is 1. The van der Waals surface area contributed by atoms with E-state index in [9.17, 15) is 4.39 Å². The van der Waals surface area contributed by atoms with E-state index in [-0.39, 0.29) is 11.7 Å². The van der Waals surface area contributed by atoms with Crippen molar-refractivity contribution >= 4 is 15.9 Å². The van der Waals surface area contributed by atoms with Crippen molar-refractivity contribution in [2.24, 2.45) is 7.05 Å². The van der Waals surface area contributed by atoms with Gasteiger partial charge in [0.1, 0.15) is 5.82 Å². The normalized spacial score (nSPS) is 12.6. The average Bonchev–Trinajstić information content (AvgIpc) is 2.73. The van der Waals surface area contributed by atoms with Gasteiger partial charge >= 0.3 is 0 Å². The molecule has 2 rings (SSSR count). The molecule has 0 saturated heterocycles. The summed E-state index contributed by atoms with van der Waals surface area (Å²) in [6, 6.07) is 6.61. The second-order valence-corrected chi connectivity index (χ2v) is 4.64. The minimum Gasteiger partial charge on any atom is -0.255 e. The maximum absolute atomic E-state index is 12.8. The molecule has 5 heteroatoms. The summed E-state index contributed by atoms with van der Waals surface area (Å²) in [5.74, 6) is 0.0777. The fraction of sp³-hybridized carbons (Fsp3) is 0.333. The summed E-state index contributed by atoms with van der Waals surface area (Å²) in [7, 11) is 1.84. The molecule has 0 saturated carbocycles. The van der Waals surface area contributed by atoms with Crippen molar-refractivity contribution in [3.05, 3.63) is 47.5 Å². The molecule has 90 valence electrons. The van der Waals surface area contributed by atoms with Crippen LogP contribution in [0, 0.1) is 5.82 Å². The first-order chi connectivity index (χ1) is 8.19. The van der Waals surface area contributed by atoms with Crippen LogP contribution in [-0.2, 0) is 13.5 Å². The molecule has 1 unspecified atom stereocenters. The molecule has 3 nitrogen and oxygen atoms in total. The monoisotopic (exact) mass is 297 g/mol. The largest absolute Gasteiger partial charge is 0.255 e. The zero-order chi connectivity index (χ0) is 12.3. The van der Waals surface area contributed by atoms with Gasteiger partial charge in [0.25, 0.3) is 0 Å². The van der Waals surface area contributed by atoms with E-state index in [1.165, 1.54) is 12.1 Å². The van der Waals surface area contributed by atoms with Crippen molar-refractivity contribution in [3.8, 4) is 0 Å². The molecule has 0 spiro atoms. The van der Waals surface area contributed by atoms with Crippen LogP contribution in [0.3, 0.4) is 0 Å². The lowest BCUT2D eigenvalue weighted by Gasteiger charge is -2.12. The summed E-state index contributed by atoms with van der Waals surface area (Å²) in [6.45, 7) is 0. The van der Waals surface area contributed by atoms with E-state index in [2.05, 4.69) is 26.2 Å². The Morgan fingerprint density at radius 2 is 2.06 bits per heavy atom. The third-order valence-corrected chi connectivity index (χ3v) is 3.41.